The van der Waals surface area contributed by atoms with Gasteiger partial charge in [-0.25, -0.2) is 14.6 Å². The number of imidazole rings is 1. The van der Waals surface area contributed by atoms with Gasteiger partial charge in [0.05, 0.1) is 12.1 Å². The van der Waals surface area contributed by atoms with E-state index in [1.165, 1.54) is 0 Å². The van der Waals surface area contributed by atoms with Crippen molar-refractivity contribution in [1.82, 2.24) is 25.1 Å². The average Bonchev–Trinajstić information content (AvgIpc) is 3.49. The molecule has 0 unspecified atom stereocenters. The van der Waals surface area contributed by atoms with Crippen LogP contribution in [0.15, 0.2) is 12.1 Å². The van der Waals surface area contributed by atoms with Gasteiger partial charge >= 0.3 is 18.1 Å². The normalized spacial score (nSPS) is 15.9. The first-order valence-corrected chi connectivity index (χ1v) is 11.8. The number of halogens is 5. The van der Waals surface area contributed by atoms with Crippen LogP contribution < -0.4 is 10.6 Å². The monoisotopic (exact) mass is 564 g/mol. The topological polar surface area (TPSA) is 145 Å². The fourth-order valence-corrected chi connectivity index (χ4v) is 4.64. The standard InChI is InChI=1S/C20H24Cl2N6O2.C2HF3O2/c1-20(2,3)12-6-11-14(7-13(12)21)26-27-18(11)24-9-15-25-17(22)16(19(29)30)28(15)10-4-5-23-8-10;3-2(4,5)1(6)7/h6-7,10,23H,4-5,8-9H2,1-3H3,(H,29,30)(H2,24,26,27);(H,6,7)/t10-;/m1./s1. The van der Waals surface area contributed by atoms with E-state index in [4.69, 9.17) is 33.1 Å². The fraction of sp³-hybridized carbons (Fsp3) is 0.455. The molecule has 202 valence electrons. The lowest BCUT2D eigenvalue weighted by Gasteiger charge is -2.20. The molecule has 10 nitrogen and oxygen atoms in total. The highest BCUT2D eigenvalue weighted by molar-refractivity contribution is 6.32. The van der Waals surface area contributed by atoms with Crippen molar-refractivity contribution in [2.75, 3.05) is 18.4 Å². The van der Waals surface area contributed by atoms with Gasteiger partial charge in [-0.15, -0.1) is 0 Å². The maximum atomic E-state index is 11.8. The molecule has 3 aromatic rings. The van der Waals surface area contributed by atoms with E-state index in [1.54, 1.807) is 4.57 Å². The second kappa shape index (κ2) is 10.8. The Morgan fingerprint density at radius 1 is 1.22 bits per heavy atom. The molecular weight excluding hydrogens is 540 g/mol. The summed E-state index contributed by atoms with van der Waals surface area (Å²) >= 11 is 12.6. The Morgan fingerprint density at radius 3 is 2.38 bits per heavy atom. The quantitative estimate of drug-likeness (QED) is 0.296. The number of aromatic amines is 1. The molecule has 1 atom stereocenters. The van der Waals surface area contributed by atoms with Gasteiger partial charge in [0, 0.05) is 23.0 Å². The van der Waals surface area contributed by atoms with Crippen molar-refractivity contribution in [3.63, 3.8) is 0 Å². The van der Waals surface area contributed by atoms with E-state index in [9.17, 15) is 23.1 Å². The molecule has 37 heavy (non-hydrogen) atoms. The Hall–Kier alpha value is -3.03. The number of carboxylic acids is 2. The Labute approximate surface area is 219 Å². The van der Waals surface area contributed by atoms with Crippen LogP contribution in [0.1, 0.15) is 55.1 Å². The lowest BCUT2D eigenvalue weighted by atomic mass is 9.86. The molecule has 5 N–H and O–H groups in total. The molecule has 3 heterocycles. The molecule has 1 aliphatic rings. The van der Waals surface area contributed by atoms with E-state index in [0.717, 1.165) is 29.4 Å². The van der Waals surface area contributed by atoms with Gasteiger partial charge in [-0.2, -0.15) is 18.3 Å². The van der Waals surface area contributed by atoms with E-state index in [0.29, 0.717) is 23.2 Å². The molecule has 0 spiro atoms. The summed E-state index contributed by atoms with van der Waals surface area (Å²) in [5.41, 5.74) is 1.75. The van der Waals surface area contributed by atoms with Crippen molar-refractivity contribution in [2.45, 2.75) is 51.4 Å². The van der Waals surface area contributed by atoms with Gasteiger partial charge in [0.2, 0.25) is 0 Å². The number of nitrogens with one attached hydrogen (secondary N) is 3. The third kappa shape index (κ3) is 6.46. The number of aliphatic carboxylic acids is 1. The number of alkyl halides is 3. The zero-order valence-electron chi connectivity index (χ0n) is 20.0. The average molecular weight is 565 g/mol. The number of rotatable bonds is 5. The Balaban J connectivity index is 0.000000479. The summed E-state index contributed by atoms with van der Waals surface area (Å²) in [7, 11) is 0. The molecule has 15 heteroatoms. The maximum Gasteiger partial charge on any atom is 0.490 e. The number of anilines is 1. The van der Waals surface area contributed by atoms with Gasteiger partial charge in [-0.3, -0.25) is 5.10 Å². The smallest absolute Gasteiger partial charge is 0.476 e. The maximum absolute atomic E-state index is 11.8. The number of hydrogen-bond donors (Lipinski definition) is 5. The van der Waals surface area contributed by atoms with Crippen LogP contribution in [0.25, 0.3) is 10.9 Å². The second-order valence-electron chi connectivity index (χ2n) is 9.35. The highest BCUT2D eigenvalue weighted by Gasteiger charge is 2.38. The van der Waals surface area contributed by atoms with E-state index in [-0.39, 0.29) is 28.8 Å². The molecule has 1 aliphatic heterocycles. The molecule has 0 bridgehead atoms. The first-order valence-electron chi connectivity index (χ1n) is 11.0. The summed E-state index contributed by atoms with van der Waals surface area (Å²) in [6.07, 6.45) is -4.27. The van der Waals surface area contributed by atoms with Gasteiger partial charge in [0.25, 0.3) is 0 Å². The number of H-pyrrole nitrogens is 1. The molecule has 4 rings (SSSR count). The Kier molecular flexibility index (Phi) is 8.30. The molecule has 1 aromatic carbocycles. The summed E-state index contributed by atoms with van der Waals surface area (Å²) < 4.78 is 33.5. The number of nitrogens with zero attached hydrogens (tertiary/aromatic N) is 3. The SMILES string of the molecule is CC(C)(C)c1cc2c(NCc3nc(Cl)c(C(=O)O)n3[C@@H]3CCNC3)n[nH]c2cc1Cl.O=C(O)C(F)(F)F. The number of carboxylic acid groups (broad SMARTS) is 2. The van der Waals surface area contributed by atoms with Crippen molar-refractivity contribution >= 4 is 51.9 Å². The van der Waals surface area contributed by atoms with Crippen molar-refractivity contribution < 1.29 is 33.0 Å². The number of aromatic carboxylic acids is 1. The molecule has 0 saturated carbocycles. The Morgan fingerprint density at radius 2 is 1.86 bits per heavy atom. The minimum atomic E-state index is -5.08. The molecule has 0 amide bonds. The van der Waals surface area contributed by atoms with Gasteiger partial charge < -0.3 is 25.4 Å². The molecule has 0 aliphatic carbocycles. The van der Waals surface area contributed by atoms with E-state index >= 15 is 0 Å². The van der Waals surface area contributed by atoms with E-state index in [2.05, 4.69) is 46.6 Å². The van der Waals surface area contributed by atoms with Crippen LogP contribution in [-0.2, 0) is 16.8 Å². The number of aromatic nitrogens is 4. The third-order valence-electron chi connectivity index (χ3n) is 5.66. The van der Waals surface area contributed by atoms with Crippen LogP contribution in [0.5, 0.6) is 0 Å². The number of benzene rings is 1. The summed E-state index contributed by atoms with van der Waals surface area (Å²) in [6.45, 7) is 8.11. The third-order valence-corrected chi connectivity index (χ3v) is 6.23. The Bertz CT molecular complexity index is 1310. The van der Waals surface area contributed by atoms with Crippen LogP contribution >= 0.6 is 23.2 Å². The van der Waals surface area contributed by atoms with E-state index in [1.807, 2.05) is 12.1 Å². The van der Waals surface area contributed by atoms with Crippen molar-refractivity contribution in [2.24, 2.45) is 0 Å². The number of hydrogen-bond acceptors (Lipinski definition) is 6. The highest BCUT2D eigenvalue weighted by atomic mass is 35.5. The van der Waals surface area contributed by atoms with Crippen LogP contribution in [0, 0.1) is 0 Å². The van der Waals surface area contributed by atoms with Crippen LogP contribution in [-0.4, -0.2) is 61.2 Å². The van der Waals surface area contributed by atoms with Gasteiger partial charge in [-0.05, 0) is 36.1 Å². The summed E-state index contributed by atoms with van der Waals surface area (Å²) in [4.78, 5) is 25.0. The minimum absolute atomic E-state index is 0.000105. The highest BCUT2D eigenvalue weighted by Crippen LogP contribution is 2.35. The van der Waals surface area contributed by atoms with Crippen molar-refractivity contribution in [1.29, 1.82) is 0 Å². The largest absolute Gasteiger partial charge is 0.490 e. The predicted octanol–water partition coefficient (Wildman–Crippen LogP) is 4.84. The van der Waals surface area contributed by atoms with Crippen LogP contribution in [0.2, 0.25) is 10.2 Å². The van der Waals surface area contributed by atoms with Crippen molar-refractivity contribution in [3.8, 4) is 0 Å². The fourth-order valence-electron chi connectivity index (χ4n) is 3.93. The van der Waals surface area contributed by atoms with Gasteiger partial charge in [0.15, 0.2) is 16.7 Å². The predicted molar refractivity (Wildman–Crippen MR) is 132 cm³/mol. The number of fused-ring (bicyclic) bond motifs is 1. The van der Waals surface area contributed by atoms with Gasteiger partial charge in [0.1, 0.15) is 5.82 Å². The molecule has 2 aromatic heterocycles. The molecule has 1 saturated heterocycles. The van der Waals surface area contributed by atoms with Crippen molar-refractivity contribution in [3.05, 3.63) is 39.4 Å². The molecule has 0 radical (unpaired) electrons. The summed E-state index contributed by atoms with van der Waals surface area (Å²) in [6, 6.07) is 3.90. The lowest BCUT2D eigenvalue weighted by molar-refractivity contribution is -0.192. The first kappa shape index (κ1) is 28.5. The van der Waals surface area contributed by atoms with Gasteiger partial charge in [-0.1, -0.05) is 44.0 Å². The molecular formula is C22H25Cl2F3N6O4. The zero-order valence-corrected chi connectivity index (χ0v) is 21.5. The molecule has 1 fully saturated rings. The first-order chi connectivity index (χ1) is 17.1. The summed E-state index contributed by atoms with van der Waals surface area (Å²) in [5.74, 6) is -2.63. The van der Waals surface area contributed by atoms with E-state index < -0.39 is 18.1 Å². The zero-order chi connectivity index (χ0) is 27.7. The lowest BCUT2D eigenvalue weighted by Crippen LogP contribution is -2.21. The van der Waals surface area contributed by atoms with Crippen LogP contribution in [0.4, 0.5) is 19.0 Å². The van der Waals surface area contributed by atoms with Crippen LogP contribution in [0.3, 0.4) is 0 Å². The minimum Gasteiger partial charge on any atom is -0.476 e. The second-order valence-corrected chi connectivity index (χ2v) is 10.1. The number of carbonyl (C=O) groups is 2. The summed E-state index contributed by atoms with van der Waals surface area (Å²) in [5, 5.41) is 32.3.